The Morgan fingerprint density at radius 3 is 2.62 bits per heavy atom. The number of hydrogen-bond acceptors (Lipinski definition) is 10. The highest BCUT2D eigenvalue weighted by Gasteiger charge is 2.36. The van der Waals surface area contributed by atoms with Crippen LogP contribution in [0, 0.1) is 11.8 Å². The van der Waals surface area contributed by atoms with Gasteiger partial charge < -0.3 is 52.0 Å². The quantitative estimate of drug-likeness (QED) is 0.0574. The smallest absolute Gasteiger partial charge is 0.328 e. The summed E-state index contributed by atoms with van der Waals surface area (Å²) in [5.74, 6) is 0.0958. The number of H-pyrrole nitrogens is 1. The van der Waals surface area contributed by atoms with Crippen LogP contribution in [0.3, 0.4) is 0 Å². The van der Waals surface area contributed by atoms with E-state index in [1.165, 1.54) is 17.2 Å². The summed E-state index contributed by atoms with van der Waals surface area (Å²) in [4.78, 5) is 43.1. The van der Waals surface area contributed by atoms with Gasteiger partial charge in [0.2, 0.25) is 0 Å². The van der Waals surface area contributed by atoms with Crippen LogP contribution >= 0.6 is 0 Å². The predicted molar refractivity (Wildman–Crippen MR) is 208 cm³/mol. The van der Waals surface area contributed by atoms with Crippen LogP contribution in [0.2, 0.25) is 0 Å². The van der Waals surface area contributed by atoms with Crippen LogP contribution in [0.15, 0.2) is 65.3 Å². The first-order valence-electron chi connectivity index (χ1n) is 19.1. The molecule has 2 aliphatic rings. The molecule has 2 aromatic carbocycles. The van der Waals surface area contributed by atoms with E-state index in [-0.39, 0.29) is 49.0 Å². The van der Waals surface area contributed by atoms with Gasteiger partial charge in [0, 0.05) is 37.3 Å². The highest BCUT2D eigenvalue weighted by atomic mass is 16.4. The minimum atomic E-state index is -1.07. The van der Waals surface area contributed by atoms with Crippen LogP contribution in [0.5, 0.6) is 0 Å². The Labute approximate surface area is 311 Å². The van der Waals surface area contributed by atoms with Gasteiger partial charge in [-0.2, -0.15) is 0 Å². The molecule has 2 heterocycles. The summed E-state index contributed by atoms with van der Waals surface area (Å²) < 4.78 is 0. The number of carboxylic acids is 1. The Hall–Kier alpha value is -4.52. The molecular weight excluding hydrogens is 672 g/mol. The van der Waals surface area contributed by atoms with Crippen molar-refractivity contribution < 1.29 is 29.7 Å². The molecule has 53 heavy (non-hydrogen) atoms. The van der Waals surface area contributed by atoms with E-state index in [1.807, 2.05) is 24.4 Å². The van der Waals surface area contributed by atoms with E-state index in [0.717, 1.165) is 73.3 Å². The molecule has 10 N–H and O–H groups in total. The first kappa shape index (κ1) is 39.7. The van der Waals surface area contributed by atoms with Gasteiger partial charge in [-0.3, -0.25) is 0 Å². The first-order valence-corrected chi connectivity index (χ1v) is 19.1. The molecule has 1 aliphatic carbocycles. The molecule has 12 heteroatoms. The van der Waals surface area contributed by atoms with Crippen molar-refractivity contribution in [3.63, 3.8) is 0 Å². The number of rotatable bonds is 21. The number of carbonyl (C=O) groups excluding carboxylic acids is 2. The van der Waals surface area contributed by atoms with Crippen LogP contribution in [0.25, 0.3) is 10.8 Å². The van der Waals surface area contributed by atoms with Crippen LogP contribution in [0.4, 0.5) is 5.82 Å². The molecule has 12 nitrogen and oxygen atoms in total. The van der Waals surface area contributed by atoms with Crippen molar-refractivity contribution in [1.82, 2.24) is 10.3 Å². The molecular formula is C41H56N6O6. The minimum Gasteiger partial charge on any atom is -0.478 e. The summed E-state index contributed by atoms with van der Waals surface area (Å²) in [5, 5.41) is 38.1. The molecule has 0 saturated carbocycles. The summed E-state index contributed by atoms with van der Waals surface area (Å²) in [7, 11) is 0. The lowest BCUT2D eigenvalue weighted by molar-refractivity contribution is -0.131. The number of aliphatic carboxylic acids is 1. The maximum absolute atomic E-state index is 12.4. The molecule has 5 rings (SSSR count). The molecule has 0 spiro atoms. The number of aryl methyl sites for hydroxylation is 1. The van der Waals surface area contributed by atoms with Gasteiger partial charge in [-0.25, -0.2) is 9.79 Å². The first-order chi connectivity index (χ1) is 25.7. The molecule has 1 aromatic heterocycles. The Morgan fingerprint density at radius 2 is 1.91 bits per heavy atom. The number of nitrogens with zero attached hydrogens (tertiary/aromatic N) is 1. The fourth-order valence-corrected chi connectivity index (χ4v) is 8.36. The van der Waals surface area contributed by atoms with Gasteiger partial charge in [0.25, 0.3) is 0 Å². The number of aromatic amines is 1. The largest absolute Gasteiger partial charge is 0.478 e. The number of carboxylic acid groups (broad SMARTS) is 1. The summed E-state index contributed by atoms with van der Waals surface area (Å²) in [6.07, 6.45) is 13.4. The van der Waals surface area contributed by atoms with Crippen LogP contribution in [-0.2, 0) is 27.2 Å². The lowest BCUT2D eigenvalue weighted by Gasteiger charge is -2.39. The number of benzene rings is 2. The monoisotopic (exact) mass is 728 g/mol. The number of anilines is 1. The summed E-state index contributed by atoms with van der Waals surface area (Å²) in [6.45, 7) is -0.0855. The van der Waals surface area contributed by atoms with Crippen LogP contribution in [-0.4, -0.2) is 82.2 Å². The lowest BCUT2D eigenvalue weighted by atomic mass is 9.69. The highest BCUT2D eigenvalue weighted by molar-refractivity contribution is 5.86. The zero-order valence-electron chi connectivity index (χ0n) is 30.5. The number of aliphatic imine (C=N–C) groups is 1. The molecule has 0 radical (unpaired) electrons. The van der Waals surface area contributed by atoms with Gasteiger partial charge in [-0.15, -0.1) is 0 Å². The lowest BCUT2D eigenvalue weighted by Crippen LogP contribution is -2.49. The van der Waals surface area contributed by atoms with E-state index < -0.39 is 18.1 Å². The number of nitrogens with two attached hydrogens (primary N) is 2. The van der Waals surface area contributed by atoms with Gasteiger partial charge in [0.05, 0.1) is 24.7 Å². The van der Waals surface area contributed by atoms with Gasteiger partial charge >= 0.3 is 5.97 Å². The minimum absolute atomic E-state index is 0.0503. The Balaban J connectivity index is 1.46. The van der Waals surface area contributed by atoms with E-state index in [0.29, 0.717) is 44.1 Å². The zero-order chi connectivity index (χ0) is 37.7. The number of aldehydes is 2. The normalized spacial score (nSPS) is 21.9. The Kier molecular flexibility index (Phi) is 14.6. The zero-order valence-corrected chi connectivity index (χ0v) is 30.5. The summed E-state index contributed by atoms with van der Waals surface area (Å²) in [6, 6.07) is 13.2. The van der Waals surface area contributed by atoms with Crippen molar-refractivity contribution >= 4 is 41.1 Å². The number of fused-ring (bicyclic) bond motifs is 2. The SMILES string of the molecule is NC1=N[C@H](/C(=C\C(=O)O)[C@@H](C[C@H]2CCc3cc4ccc(CC=O)cc4cc3[C@@H]2CCC[C@@H](N)CC[C@H](C=O)CCCO)Nc2ccc[nH]2)C[C@H](CO)N1. The fraction of sp³-hybridized carbons (Fsp3) is 0.512. The van der Waals surface area contributed by atoms with E-state index in [4.69, 9.17) is 11.5 Å². The number of aliphatic hydroxyl groups excluding tert-OH is 2. The summed E-state index contributed by atoms with van der Waals surface area (Å²) >= 11 is 0. The number of hydrogen-bond donors (Lipinski definition) is 8. The van der Waals surface area contributed by atoms with Crippen molar-refractivity contribution in [2.75, 3.05) is 18.5 Å². The van der Waals surface area contributed by atoms with Crippen molar-refractivity contribution in [2.45, 2.75) is 107 Å². The van der Waals surface area contributed by atoms with E-state index in [2.05, 4.69) is 44.9 Å². The third-order valence-corrected chi connectivity index (χ3v) is 11.1. The average Bonchev–Trinajstić information content (AvgIpc) is 3.66. The van der Waals surface area contributed by atoms with Crippen molar-refractivity contribution in [2.24, 2.45) is 28.3 Å². The molecule has 3 aromatic rings. The summed E-state index contributed by atoms with van der Waals surface area (Å²) in [5.41, 5.74) is 16.9. The highest BCUT2D eigenvalue weighted by Crippen LogP contribution is 2.44. The molecule has 0 amide bonds. The third kappa shape index (κ3) is 11.0. The van der Waals surface area contributed by atoms with Gasteiger partial charge in [0.1, 0.15) is 18.4 Å². The average molecular weight is 729 g/mol. The van der Waals surface area contributed by atoms with Crippen LogP contribution < -0.4 is 22.1 Å². The predicted octanol–water partition coefficient (Wildman–Crippen LogP) is 4.34. The van der Waals surface area contributed by atoms with Crippen molar-refractivity contribution in [3.8, 4) is 0 Å². The second-order valence-corrected chi connectivity index (χ2v) is 14.8. The topological polar surface area (TPSA) is 216 Å². The Bertz CT molecular complexity index is 1720. The number of aliphatic hydroxyl groups is 2. The number of carbonyl (C=O) groups is 3. The van der Waals surface area contributed by atoms with Crippen molar-refractivity contribution in [3.05, 3.63) is 77.0 Å². The van der Waals surface area contributed by atoms with Gasteiger partial charge in [-0.1, -0.05) is 36.8 Å². The van der Waals surface area contributed by atoms with Gasteiger partial charge in [0.15, 0.2) is 5.96 Å². The molecule has 0 saturated heterocycles. The standard InChI is InChI=1S/C41H56N6O6/c42-32(13-9-27(24-50)4-3-16-48)5-1-6-34-30(12-11-29-19-28-10-8-26(14-17-49)18-31(28)20-35(29)34)21-37(46-39-7-2-15-44-39)36(23-40(52)53)38-22-33(25-51)45-41(43)47-38/h2,7-8,10,15,17-20,23-24,27,30,32-34,37-38,44,46,48,51H,1,3-6,9,11-14,16,21-22,25,42H2,(H,52,53)(H3,43,45,47)/b36-23-/t27-,30-,32-,33-,34-,37-,38+/m1/s1. The van der Waals surface area contributed by atoms with Crippen molar-refractivity contribution in [1.29, 1.82) is 0 Å². The number of nitrogens with one attached hydrogen (secondary N) is 3. The molecule has 0 fully saturated rings. The van der Waals surface area contributed by atoms with Crippen LogP contribution in [0.1, 0.15) is 86.8 Å². The van der Waals surface area contributed by atoms with Gasteiger partial charge in [-0.05, 0) is 121 Å². The maximum Gasteiger partial charge on any atom is 0.328 e. The molecule has 7 atom stereocenters. The fourth-order valence-electron chi connectivity index (χ4n) is 8.36. The maximum atomic E-state index is 12.4. The number of aromatic nitrogens is 1. The Morgan fingerprint density at radius 1 is 1.06 bits per heavy atom. The second-order valence-electron chi connectivity index (χ2n) is 14.8. The third-order valence-electron chi connectivity index (χ3n) is 11.1. The molecule has 286 valence electrons. The second kappa shape index (κ2) is 19.5. The van der Waals surface area contributed by atoms with E-state index in [1.54, 1.807) is 0 Å². The molecule has 0 unspecified atom stereocenters. The van der Waals surface area contributed by atoms with E-state index >= 15 is 0 Å². The number of guanidine groups is 1. The molecule has 1 aliphatic heterocycles. The van der Waals surface area contributed by atoms with E-state index in [9.17, 15) is 29.7 Å². The molecule has 0 bridgehead atoms.